The van der Waals surface area contributed by atoms with Gasteiger partial charge in [0.25, 0.3) is 0 Å². The Balaban J connectivity index is 2.46. The Labute approximate surface area is 91.4 Å². The van der Waals surface area contributed by atoms with Gasteiger partial charge in [-0.25, -0.2) is 0 Å². The molecule has 0 saturated carbocycles. The number of carbonyl (C=O) groups excluding carboxylic acids is 1. The summed E-state index contributed by atoms with van der Waals surface area (Å²) in [5, 5.41) is 10.8. The molecular weight excluding hydrogens is 206 g/mol. The van der Waals surface area contributed by atoms with Crippen molar-refractivity contribution < 1.29 is 4.79 Å². The van der Waals surface area contributed by atoms with Crippen molar-refractivity contribution in [1.29, 1.82) is 5.26 Å². The van der Waals surface area contributed by atoms with Gasteiger partial charge in [0, 0.05) is 5.56 Å². The SMILES string of the molecule is N#Cc1ccsc1-c1ccc(C=O)cc1. The van der Waals surface area contributed by atoms with Gasteiger partial charge in [0.15, 0.2) is 0 Å². The zero-order valence-corrected chi connectivity index (χ0v) is 8.62. The Morgan fingerprint density at radius 2 is 1.93 bits per heavy atom. The van der Waals surface area contributed by atoms with Crippen LogP contribution >= 0.6 is 11.3 Å². The smallest absolute Gasteiger partial charge is 0.150 e. The van der Waals surface area contributed by atoms with Gasteiger partial charge >= 0.3 is 0 Å². The third kappa shape index (κ3) is 1.80. The summed E-state index contributed by atoms with van der Waals surface area (Å²) < 4.78 is 0. The van der Waals surface area contributed by atoms with Crippen LogP contribution in [0.3, 0.4) is 0 Å². The first-order valence-electron chi connectivity index (χ1n) is 4.38. The van der Waals surface area contributed by atoms with Crippen molar-refractivity contribution in [2.24, 2.45) is 0 Å². The summed E-state index contributed by atoms with van der Waals surface area (Å²) in [6.45, 7) is 0. The van der Waals surface area contributed by atoms with Crippen LogP contribution in [0.4, 0.5) is 0 Å². The third-order valence-corrected chi connectivity index (χ3v) is 3.06. The molecule has 0 amide bonds. The van der Waals surface area contributed by atoms with Crippen molar-refractivity contribution in [2.75, 3.05) is 0 Å². The lowest BCUT2D eigenvalue weighted by atomic mass is 10.1. The number of nitriles is 1. The van der Waals surface area contributed by atoms with Crippen LogP contribution in [-0.4, -0.2) is 6.29 Å². The summed E-state index contributed by atoms with van der Waals surface area (Å²) in [4.78, 5) is 11.4. The molecule has 0 aliphatic rings. The van der Waals surface area contributed by atoms with Gasteiger partial charge in [-0.2, -0.15) is 5.26 Å². The van der Waals surface area contributed by atoms with Crippen LogP contribution in [-0.2, 0) is 0 Å². The molecule has 1 aromatic heterocycles. The van der Waals surface area contributed by atoms with Crippen LogP contribution in [0, 0.1) is 11.3 Å². The fourth-order valence-electron chi connectivity index (χ4n) is 1.33. The van der Waals surface area contributed by atoms with Crippen molar-refractivity contribution in [2.45, 2.75) is 0 Å². The van der Waals surface area contributed by atoms with Crippen LogP contribution in [0.2, 0.25) is 0 Å². The maximum Gasteiger partial charge on any atom is 0.150 e. The zero-order valence-electron chi connectivity index (χ0n) is 7.81. The van der Waals surface area contributed by atoms with Gasteiger partial charge in [0.2, 0.25) is 0 Å². The van der Waals surface area contributed by atoms with Gasteiger partial charge in [0.1, 0.15) is 12.4 Å². The lowest BCUT2D eigenvalue weighted by molar-refractivity contribution is 0.112. The summed E-state index contributed by atoms with van der Waals surface area (Å²) in [6.07, 6.45) is 0.809. The van der Waals surface area contributed by atoms with E-state index in [2.05, 4.69) is 6.07 Å². The number of thiophene rings is 1. The number of nitrogens with zero attached hydrogens (tertiary/aromatic N) is 1. The lowest BCUT2D eigenvalue weighted by Crippen LogP contribution is -1.80. The number of hydrogen-bond donors (Lipinski definition) is 0. The number of aldehydes is 1. The molecule has 0 radical (unpaired) electrons. The fourth-order valence-corrected chi connectivity index (χ4v) is 2.19. The Morgan fingerprint density at radius 3 is 2.53 bits per heavy atom. The summed E-state index contributed by atoms with van der Waals surface area (Å²) in [6, 6.07) is 11.2. The van der Waals surface area contributed by atoms with Gasteiger partial charge in [-0.3, -0.25) is 4.79 Å². The zero-order chi connectivity index (χ0) is 10.7. The molecule has 2 nitrogen and oxygen atoms in total. The van der Waals surface area contributed by atoms with E-state index in [1.807, 2.05) is 17.5 Å². The molecule has 0 unspecified atom stereocenters. The molecule has 2 aromatic rings. The van der Waals surface area contributed by atoms with E-state index in [0.29, 0.717) is 11.1 Å². The molecule has 0 spiro atoms. The Hall–Kier alpha value is -1.92. The second-order valence-corrected chi connectivity index (χ2v) is 3.93. The minimum Gasteiger partial charge on any atom is -0.298 e. The second kappa shape index (κ2) is 4.07. The summed E-state index contributed by atoms with van der Waals surface area (Å²) in [5.41, 5.74) is 2.31. The summed E-state index contributed by atoms with van der Waals surface area (Å²) in [7, 11) is 0. The Morgan fingerprint density at radius 1 is 1.20 bits per heavy atom. The molecule has 72 valence electrons. The average molecular weight is 213 g/mol. The fraction of sp³-hybridized carbons (Fsp3) is 0. The minimum atomic E-state index is 0.647. The first-order valence-corrected chi connectivity index (χ1v) is 5.26. The van der Waals surface area contributed by atoms with Crippen LogP contribution < -0.4 is 0 Å². The van der Waals surface area contributed by atoms with E-state index in [1.165, 1.54) is 11.3 Å². The second-order valence-electron chi connectivity index (χ2n) is 3.02. The lowest BCUT2D eigenvalue weighted by Gasteiger charge is -1.98. The molecule has 1 aromatic carbocycles. The number of hydrogen-bond acceptors (Lipinski definition) is 3. The molecule has 0 N–H and O–H groups in total. The maximum atomic E-state index is 10.5. The van der Waals surface area contributed by atoms with Crippen molar-refractivity contribution in [1.82, 2.24) is 0 Å². The molecule has 0 atom stereocenters. The highest BCUT2D eigenvalue weighted by Gasteiger charge is 2.05. The minimum absolute atomic E-state index is 0.647. The highest BCUT2D eigenvalue weighted by atomic mass is 32.1. The highest BCUT2D eigenvalue weighted by molar-refractivity contribution is 7.13. The normalized spacial score (nSPS) is 9.53. The maximum absolute atomic E-state index is 10.5. The van der Waals surface area contributed by atoms with Gasteiger partial charge in [-0.1, -0.05) is 24.3 Å². The van der Waals surface area contributed by atoms with Crippen molar-refractivity contribution in [3.05, 3.63) is 46.8 Å². The predicted molar refractivity (Wildman–Crippen MR) is 59.9 cm³/mol. The molecule has 0 fully saturated rings. The van der Waals surface area contributed by atoms with Crippen molar-refractivity contribution in [3.63, 3.8) is 0 Å². The largest absolute Gasteiger partial charge is 0.298 e. The molecule has 0 bridgehead atoms. The van der Waals surface area contributed by atoms with E-state index in [0.717, 1.165) is 16.7 Å². The standard InChI is InChI=1S/C12H7NOS/c13-7-11-5-6-15-12(11)10-3-1-9(8-14)2-4-10/h1-6,8H. The van der Waals surface area contributed by atoms with Gasteiger partial charge in [-0.05, 0) is 17.0 Å². The van der Waals surface area contributed by atoms with Crippen LogP contribution in [0.1, 0.15) is 15.9 Å². The third-order valence-electron chi connectivity index (χ3n) is 2.09. The topological polar surface area (TPSA) is 40.9 Å². The van der Waals surface area contributed by atoms with Crippen LogP contribution in [0.25, 0.3) is 10.4 Å². The van der Waals surface area contributed by atoms with Gasteiger partial charge in [0.05, 0.1) is 10.4 Å². The van der Waals surface area contributed by atoms with Gasteiger partial charge < -0.3 is 0 Å². The highest BCUT2D eigenvalue weighted by Crippen LogP contribution is 2.28. The first kappa shape index (κ1) is 9.63. The molecule has 1 heterocycles. The molecular formula is C12H7NOS. The molecule has 15 heavy (non-hydrogen) atoms. The Bertz CT molecular complexity index is 519. The van der Waals surface area contributed by atoms with E-state index < -0.39 is 0 Å². The average Bonchev–Trinajstić information content (AvgIpc) is 2.77. The monoisotopic (exact) mass is 213 g/mol. The van der Waals surface area contributed by atoms with Gasteiger partial charge in [-0.15, -0.1) is 11.3 Å². The van der Waals surface area contributed by atoms with E-state index in [9.17, 15) is 4.79 Å². The number of benzene rings is 1. The quantitative estimate of drug-likeness (QED) is 0.719. The summed E-state index contributed by atoms with van der Waals surface area (Å²) >= 11 is 1.53. The predicted octanol–water partition coefficient (Wildman–Crippen LogP) is 3.10. The molecule has 0 saturated heterocycles. The Kier molecular flexibility index (Phi) is 2.61. The first-order chi connectivity index (χ1) is 7.35. The van der Waals surface area contributed by atoms with E-state index in [1.54, 1.807) is 18.2 Å². The summed E-state index contributed by atoms with van der Waals surface area (Å²) in [5.74, 6) is 0. The van der Waals surface area contributed by atoms with Crippen LogP contribution in [0.15, 0.2) is 35.7 Å². The molecule has 2 rings (SSSR count). The molecule has 0 aliphatic heterocycles. The van der Waals surface area contributed by atoms with Crippen molar-refractivity contribution in [3.8, 4) is 16.5 Å². The number of carbonyl (C=O) groups is 1. The molecule has 0 aliphatic carbocycles. The molecule has 3 heteroatoms. The number of rotatable bonds is 2. The van der Waals surface area contributed by atoms with E-state index in [-0.39, 0.29) is 0 Å². The van der Waals surface area contributed by atoms with Crippen LogP contribution in [0.5, 0.6) is 0 Å². The van der Waals surface area contributed by atoms with E-state index in [4.69, 9.17) is 5.26 Å². The van der Waals surface area contributed by atoms with E-state index >= 15 is 0 Å². The van der Waals surface area contributed by atoms with Crippen molar-refractivity contribution >= 4 is 17.6 Å².